The van der Waals surface area contributed by atoms with Crippen molar-refractivity contribution in [2.45, 2.75) is 4.90 Å². The number of para-hydroxylation sites is 1. The van der Waals surface area contributed by atoms with Crippen LogP contribution in [0.1, 0.15) is 0 Å². The standard InChI is InChI=1S/C14H12BrClFNO3S/c1-18(12-6-4-3-5-11(12)17)22(19,20)13-8-9(16)7-10(15)14(13)21-2/h3-8H,1-2H3. The Balaban J connectivity index is 2.63. The minimum Gasteiger partial charge on any atom is -0.494 e. The summed E-state index contributed by atoms with van der Waals surface area (Å²) in [4.78, 5) is -0.153. The predicted octanol–water partition coefficient (Wildman–Crippen LogP) is 4.08. The molecule has 0 radical (unpaired) electrons. The fraction of sp³-hybridized carbons (Fsp3) is 0.143. The van der Waals surface area contributed by atoms with Gasteiger partial charge in [0.05, 0.1) is 17.3 Å². The number of ether oxygens (including phenoxy) is 1. The van der Waals surface area contributed by atoms with Gasteiger partial charge in [-0.1, -0.05) is 23.7 Å². The highest BCUT2D eigenvalue weighted by molar-refractivity contribution is 9.10. The average Bonchev–Trinajstić information content (AvgIpc) is 2.46. The van der Waals surface area contributed by atoms with Gasteiger partial charge in [-0.3, -0.25) is 4.31 Å². The zero-order valence-electron chi connectivity index (χ0n) is 11.7. The SMILES string of the molecule is COc1c(Br)cc(Cl)cc1S(=O)(=O)N(C)c1ccccc1F. The highest BCUT2D eigenvalue weighted by Gasteiger charge is 2.28. The maximum Gasteiger partial charge on any atom is 0.267 e. The van der Waals surface area contributed by atoms with Gasteiger partial charge in [0.2, 0.25) is 0 Å². The Morgan fingerprint density at radius 1 is 1.27 bits per heavy atom. The van der Waals surface area contributed by atoms with E-state index in [9.17, 15) is 12.8 Å². The van der Waals surface area contributed by atoms with Crippen molar-refractivity contribution in [3.63, 3.8) is 0 Å². The third-order valence-electron chi connectivity index (χ3n) is 3.01. The lowest BCUT2D eigenvalue weighted by Gasteiger charge is -2.21. The summed E-state index contributed by atoms with van der Waals surface area (Å²) in [5, 5.41) is 0.216. The molecule has 0 aliphatic rings. The summed E-state index contributed by atoms with van der Waals surface area (Å²) >= 11 is 9.13. The van der Waals surface area contributed by atoms with Crippen LogP contribution in [-0.2, 0) is 10.0 Å². The maximum absolute atomic E-state index is 13.9. The Bertz CT molecular complexity index is 814. The van der Waals surface area contributed by atoms with Crippen molar-refractivity contribution >= 4 is 43.2 Å². The smallest absolute Gasteiger partial charge is 0.267 e. The van der Waals surface area contributed by atoms with Crippen molar-refractivity contribution < 1.29 is 17.5 Å². The van der Waals surface area contributed by atoms with E-state index in [-0.39, 0.29) is 21.4 Å². The summed E-state index contributed by atoms with van der Waals surface area (Å²) < 4.78 is 45.8. The lowest BCUT2D eigenvalue weighted by molar-refractivity contribution is 0.400. The van der Waals surface area contributed by atoms with Crippen LogP contribution in [-0.4, -0.2) is 22.6 Å². The number of hydrogen-bond acceptors (Lipinski definition) is 3. The molecular weight excluding hydrogens is 397 g/mol. The largest absolute Gasteiger partial charge is 0.494 e. The Morgan fingerprint density at radius 3 is 2.50 bits per heavy atom. The maximum atomic E-state index is 13.9. The van der Waals surface area contributed by atoms with Gasteiger partial charge in [0.15, 0.2) is 5.75 Å². The van der Waals surface area contributed by atoms with Crippen LogP contribution in [0.2, 0.25) is 5.02 Å². The number of benzene rings is 2. The summed E-state index contributed by atoms with van der Waals surface area (Å²) in [6.45, 7) is 0. The van der Waals surface area contributed by atoms with Crippen molar-refractivity contribution in [3.8, 4) is 5.75 Å². The molecular formula is C14H12BrClFNO3S. The van der Waals surface area contributed by atoms with Crippen molar-refractivity contribution in [2.24, 2.45) is 0 Å². The van der Waals surface area contributed by atoms with Crippen LogP contribution in [0.4, 0.5) is 10.1 Å². The Hall–Kier alpha value is -1.31. The first-order chi connectivity index (χ1) is 10.3. The summed E-state index contributed by atoms with van der Waals surface area (Å²) in [5.74, 6) is -0.541. The van der Waals surface area contributed by atoms with Gasteiger partial charge < -0.3 is 4.74 Å². The molecule has 0 atom stereocenters. The van der Waals surface area contributed by atoms with Crippen molar-refractivity contribution in [1.29, 1.82) is 0 Å². The lowest BCUT2D eigenvalue weighted by Crippen LogP contribution is -2.27. The molecule has 22 heavy (non-hydrogen) atoms. The van der Waals surface area contributed by atoms with Gasteiger partial charge in [0.25, 0.3) is 10.0 Å². The van der Waals surface area contributed by atoms with Crippen molar-refractivity contribution in [2.75, 3.05) is 18.5 Å². The Morgan fingerprint density at radius 2 is 1.91 bits per heavy atom. The molecule has 2 aromatic rings. The molecule has 0 aliphatic carbocycles. The summed E-state index contributed by atoms with van der Waals surface area (Å²) in [5.41, 5.74) is -0.0688. The van der Waals surface area contributed by atoms with E-state index in [1.165, 1.54) is 44.5 Å². The predicted molar refractivity (Wildman–Crippen MR) is 87.7 cm³/mol. The molecule has 0 saturated heterocycles. The van der Waals surface area contributed by atoms with Gasteiger partial charge in [-0.2, -0.15) is 0 Å². The fourth-order valence-corrected chi connectivity index (χ4v) is 4.48. The minimum absolute atomic E-state index is 0.0688. The number of anilines is 1. The molecule has 0 amide bonds. The number of hydrogen-bond donors (Lipinski definition) is 0. The average molecular weight is 409 g/mol. The first kappa shape index (κ1) is 17.1. The first-order valence-corrected chi connectivity index (χ1v) is 8.66. The van der Waals surface area contributed by atoms with E-state index < -0.39 is 15.8 Å². The van der Waals surface area contributed by atoms with E-state index in [1.807, 2.05) is 0 Å². The topological polar surface area (TPSA) is 46.6 Å². The molecule has 0 spiro atoms. The fourth-order valence-electron chi connectivity index (χ4n) is 1.91. The second-order valence-electron chi connectivity index (χ2n) is 4.34. The second kappa shape index (κ2) is 6.44. The van der Waals surface area contributed by atoms with E-state index in [0.717, 1.165) is 4.31 Å². The van der Waals surface area contributed by atoms with E-state index in [4.69, 9.17) is 16.3 Å². The van der Waals surface area contributed by atoms with Gasteiger partial charge in [-0.25, -0.2) is 12.8 Å². The molecule has 0 aromatic heterocycles. The van der Waals surface area contributed by atoms with Gasteiger partial charge in [0.1, 0.15) is 10.7 Å². The van der Waals surface area contributed by atoms with Gasteiger partial charge in [-0.05, 0) is 40.2 Å². The molecule has 0 fully saturated rings. The van der Waals surface area contributed by atoms with Crippen LogP contribution in [0.3, 0.4) is 0 Å². The monoisotopic (exact) mass is 407 g/mol. The molecule has 8 heteroatoms. The molecule has 0 N–H and O–H groups in total. The van der Waals surface area contributed by atoms with E-state index in [1.54, 1.807) is 6.07 Å². The molecule has 0 saturated carbocycles. The van der Waals surface area contributed by atoms with Crippen molar-refractivity contribution in [3.05, 3.63) is 51.7 Å². The van der Waals surface area contributed by atoms with Crippen LogP contribution in [0, 0.1) is 5.82 Å². The van der Waals surface area contributed by atoms with E-state index in [0.29, 0.717) is 4.47 Å². The van der Waals surface area contributed by atoms with Crippen LogP contribution < -0.4 is 9.04 Å². The molecule has 118 valence electrons. The summed E-state index contributed by atoms with van der Waals surface area (Å²) in [6, 6.07) is 8.37. The van der Waals surface area contributed by atoms with E-state index >= 15 is 0 Å². The molecule has 0 bridgehead atoms. The molecule has 0 unspecified atom stereocenters. The zero-order valence-corrected chi connectivity index (χ0v) is 14.8. The molecule has 0 aliphatic heterocycles. The minimum atomic E-state index is -4.05. The summed E-state index contributed by atoms with van der Waals surface area (Å²) in [6.07, 6.45) is 0. The molecule has 0 heterocycles. The van der Waals surface area contributed by atoms with Crippen molar-refractivity contribution in [1.82, 2.24) is 0 Å². The second-order valence-corrected chi connectivity index (χ2v) is 7.57. The Kier molecular flexibility index (Phi) is 4.99. The lowest BCUT2D eigenvalue weighted by atomic mass is 10.3. The quantitative estimate of drug-likeness (QED) is 0.766. The normalized spacial score (nSPS) is 11.3. The van der Waals surface area contributed by atoms with Crippen LogP contribution >= 0.6 is 27.5 Å². The van der Waals surface area contributed by atoms with Crippen LogP contribution in [0.5, 0.6) is 5.75 Å². The first-order valence-electron chi connectivity index (χ1n) is 6.05. The third kappa shape index (κ3) is 3.06. The highest BCUT2D eigenvalue weighted by atomic mass is 79.9. The third-order valence-corrected chi connectivity index (χ3v) is 5.59. The zero-order chi connectivity index (χ0) is 16.5. The summed E-state index contributed by atoms with van der Waals surface area (Å²) in [7, 11) is -1.44. The molecule has 2 rings (SSSR count). The van der Waals surface area contributed by atoms with Gasteiger partial charge in [-0.15, -0.1) is 0 Å². The highest BCUT2D eigenvalue weighted by Crippen LogP contribution is 2.37. The van der Waals surface area contributed by atoms with Crippen LogP contribution in [0.15, 0.2) is 45.8 Å². The number of methoxy groups -OCH3 is 1. The van der Waals surface area contributed by atoms with Gasteiger partial charge in [0, 0.05) is 12.1 Å². The molecule has 4 nitrogen and oxygen atoms in total. The number of halogens is 3. The Labute approximate surface area is 141 Å². The number of rotatable bonds is 4. The van der Waals surface area contributed by atoms with Crippen LogP contribution in [0.25, 0.3) is 0 Å². The molecule has 2 aromatic carbocycles. The number of nitrogens with zero attached hydrogens (tertiary/aromatic N) is 1. The van der Waals surface area contributed by atoms with E-state index in [2.05, 4.69) is 15.9 Å². The van der Waals surface area contributed by atoms with Gasteiger partial charge >= 0.3 is 0 Å². The number of sulfonamides is 1.